The average Bonchev–Trinajstić information content (AvgIpc) is 2.99. The van der Waals surface area contributed by atoms with Crippen LogP contribution in [0.5, 0.6) is 23.0 Å². The minimum Gasteiger partial charge on any atom is -0.458 e. The van der Waals surface area contributed by atoms with Crippen LogP contribution in [0.15, 0.2) is 158 Å². The van der Waals surface area contributed by atoms with Crippen molar-refractivity contribution in [1.82, 2.24) is 0 Å². The van der Waals surface area contributed by atoms with Gasteiger partial charge < -0.3 is 25.0 Å². The Labute approximate surface area is 494 Å². The van der Waals surface area contributed by atoms with Crippen LogP contribution in [0.2, 0.25) is 0 Å². The molecule has 0 saturated heterocycles. The lowest BCUT2D eigenvalue weighted by atomic mass is 9.32. The Hall–Kier alpha value is -7.77. The Morgan fingerprint density at radius 2 is 0.940 bits per heavy atom. The maximum Gasteiger partial charge on any atom is 0.268 e. The number of aryl methyl sites for hydroxylation is 4. The van der Waals surface area contributed by atoms with Crippen LogP contribution in [0.1, 0.15) is 119 Å². The van der Waals surface area contributed by atoms with Gasteiger partial charge in [0.25, 0.3) is 13.4 Å². The van der Waals surface area contributed by atoms with E-state index in [9.17, 15) is 0 Å². The summed E-state index contributed by atoms with van der Waals surface area (Å²) in [6, 6.07) is 60.3. The van der Waals surface area contributed by atoms with Crippen LogP contribution in [0.4, 0.5) is 34.1 Å². The van der Waals surface area contributed by atoms with Crippen LogP contribution in [0.25, 0.3) is 32.3 Å². The summed E-state index contributed by atoms with van der Waals surface area (Å²) < 4.78 is 17.7. The summed E-state index contributed by atoms with van der Waals surface area (Å²) in [4.78, 5) is 5.12. The first-order valence-corrected chi connectivity index (χ1v) is 30.9. The third-order valence-corrected chi connectivity index (χ3v) is 21.8. The highest BCUT2D eigenvalue weighted by Gasteiger charge is 2.49. The molecule has 0 fully saturated rings. The zero-order chi connectivity index (χ0) is 57.0. The molecule has 2 aliphatic carbocycles. The predicted molar refractivity (Wildman–Crippen MR) is 352 cm³/mol. The maximum absolute atomic E-state index is 7.57. The summed E-state index contributed by atoms with van der Waals surface area (Å²) in [7, 11) is 0. The topological polar surface area (TPSA) is 51.0 Å². The van der Waals surface area contributed by atoms with E-state index in [1.165, 1.54) is 110 Å². The molecule has 0 amide bonds. The summed E-state index contributed by atoms with van der Waals surface area (Å²) in [5.74, 6) is 3.42. The van der Waals surface area contributed by atoms with E-state index in [0.29, 0.717) is 0 Å². The summed E-state index contributed by atoms with van der Waals surface area (Å²) in [5.41, 5.74) is 35.2. The second kappa shape index (κ2) is 17.4. The SMILES string of the molecule is Cc1cccc(C)c1-c1cc2c3c(c1)N(c1ccc4c(c1)C(C)(C)CCC4(C)C)c1ccccc1B3c1cc3c(cc1O2)Oc1cc(-c2c(C)cccc2C)cc2c1B3c1sc3ccccc3c1N2c1ccc2c(c1)C(C)(N)CCC2(C)C. The Balaban J connectivity index is 0.946. The summed E-state index contributed by atoms with van der Waals surface area (Å²) in [6.45, 7) is 25.4. The van der Waals surface area contributed by atoms with Crippen LogP contribution in [0, 0.1) is 27.7 Å². The van der Waals surface area contributed by atoms with Crippen LogP contribution < -0.4 is 57.1 Å². The van der Waals surface area contributed by atoms with Gasteiger partial charge in [0, 0.05) is 54.9 Å². The second-order valence-corrected chi connectivity index (χ2v) is 28.5. The number of fused-ring (bicyclic) bond motifs is 12. The molecule has 0 radical (unpaired) electrons. The molecule has 1 aromatic heterocycles. The fourth-order valence-electron chi connectivity index (χ4n) is 16.0. The molecule has 8 heteroatoms. The molecule has 16 rings (SSSR count). The molecule has 0 bridgehead atoms. The zero-order valence-corrected chi connectivity index (χ0v) is 50.5. The number of ether oxygens (including phenoxy) is 2. The highest BCUT2D eigenvalue weighted by molar-refractivity contribution is 7.33. The van der Waals surface area contributed by atoms with Crippen molar-refractivity contribution in [2.75, 3.05) is 9.80 Å². The van der Waals surface area contributed by atoms with Gasteiger partial charge in [-0.3, -0.25) is 0 Å². The Morgan fingerprint density at radius 1 is 0.434 bits per heavy atom. The first-order chi connectivity index (χ1) is 39.8. The predicted octanol–water partition coefficient (Wildman–Crippen LogP) is 15.9. The van der Waals surface area contributed by atoms with Gasteiger partial charge in [-0.2, -0.15) is 0 Å². The number of nitrogens with two attached hydrogens (primary N) is 1. The smallest absolute Gasteiger partial charge is 0.268 e. The van der Waals surface area contributed by atoms with Crippen molar-refractivity contribution < 1.29 is 9.47 Å². The first-order valence-electron chi connectivity index (χ1n) is 30.1. The van der Waals surface area contributed by atoms with E-state index in [1.54, 1.807) is 0 Å². The third kappa shape index (κ3) is 7.31. The van der Waals surface area contributed by atoms with Crippen molar-refractivity contribution in [3.05, 3.63) is 202 Å². The van der Waals surface area contributed by atoms with Gasteiger partial charge in [-0.25, -0.2) is 0 Å². The molecule has 9 aromatic carbocycles. The molecule has 4 aliphatic heterocycles. The van der Waals surface area contributed by atoms with Crippen LogP contribution in [0.3, 0.4) is 0 Å². The Bertz CT molecular complexity index is 4470. The largest absolute Gasteiger partial charge is 0.458 e. The van der Waals surface area contributed by atoms with Gasteiger partial charge >= 0.3 is 0 Å². The minimum absolute atomic E-state index is 0.0121. The standard InChI is InChI=1S/C75H69B2N3O2S/c1-42-18-16-19-43(2)66(42)46-34-59-68-63(36-46)81-61-41-62-57(40-56(61)76(68)55-23-13-14-24-58(55)79(59)48-26-28-51-53(38-48)74(9,10)31-30-72(51,5)6)77-69-60(35-47(37-64(69)82-62)67-44(3)20-17-21-45(67)4)80(70-50-22-12-15-25-65(50)83-71(70)77)49-27-29-52-54(39-49)75(11,78)33-32-73(52,7)8/h12-29,34-41H,30-33,78H2,1-11H3. The molecule has 408 valence electrons. The van der Waals surface area contributed by atoms with Crippen molar-refractivity contribution in [1.29, 1.82) is 0 Å². The number of rotatable bonds is 4. The van der Waals surface area contributed by atoms with Gasteiger partial charge in [-0.1, -0.05) is 133 Å². The van der Waals surface area contributed by atoms with Gasteiger partial charge in [0.05, 0.1) is 5.69 Å². The Morgan fingerprint density at radius 3 is 1.58 bits per heavy atom. The van der Waals surface area contributed by atoms with Gasteiger partial charge in [0.2, 0.25) is 0 Å². The fourth-order valence-corrected chi connectivity index (χ4v) is 17.4. The molecular formula is C75H69B2N3O2S. The molecular weight excluding hydrogens is 1030 g/mol. The van der Waals surface area contributed by atoms with E-state index < -0.39 is 5.54 Å². The molecule has 0 saturated carbocycles. The molecule has 5 heterocycles. The van der Waals surface area contributed by atoms with E-state index in [0.717, 1.165) is 81.4 Å². The lowest BCUT2D eigenvalue weighted by molar-refractivity contribution is 0.319. The first kappa shape index (κ1) is 50.9. The van der Waals surface area contributed by atoms with E-state index in [-0.39, 0.29) is 29.7 Å². The number of benzene rings is 9. The van der Waals surface area contributed by atoms with Crippen molar-refractivity contribution in [2.45, 2.75) is 124 Å². The summed E-state index contributed by atoms with van der Waals surface area (Å²) >= 11 is 1.92. The molecule has 0 spiro atoms. The molecule has 5 nitrogen and oxygen atoms in total. The zero-order valence-electron chi connectivity index (χ0n) is 49.7. The lowest BCUT2D eigenvalue weighted by Gasteiger charge is -2.44. The van der Waals surface area contributed by atoms with Crippen molar-refractivity contribution in [2.24, 2.45) is 5.73 Å². The Kier molecular flexibility index (Phi) is 10.7. The number of nitrogens with zero attached hydrogens (tertiary/aromatic N) is 2. The van der Waals surface area contributed by atoms with E-state index in [1.807, 2.05) is 11.3 Å². The average molecular weight is 1100 g/mol. The maximum atomic E-state index is 7.57. The van der Waals surface area contributed by atoms with Gasteiger partial charge in [-0.05, 0) is 231 Å². The number of hydrogen-bond acceptors (Lipinski definition) is 6. The number of anilines is 6. The van der Waals surface area contributed by atoms with E-state index >= 15 is 0 Å². The van der Waals surface area contributed by atoms with Crippen LogP contribution >= 0.6 is 11.3 Å². The highest BCUT2D eigenvalue weighted by Crippen LogP contribution is 2.53. The molecule has 83 heavy (non-hydrogen) atoms. The lowest BCUT2D eigenvalue weighted by Crippen LogP contribution is -2.62. The molecule has 6 aliphatic rings. The van der Waals surface area contributed by atoms with Crippen molar-refractivity contribution >= 4 is 101 Å². The fraction of sp³-hybridized carbons (Fsp3) is 0.253. The summed E-state index contributed by atoms with van der Waals surface area (Å²) in [6.07, 6.45) is 4.29. The van der Waals surface area contributed by atoms with E-state index in [2.05, 4.69) is 244 Å². The van der Waals surface area contributed by atoms with E-state index in [4.69, 9.17) is 15.2 Å². The minimum atomic E-state index is -0.468. The normalized spacial score (nSPS) is 18.6. The van der Waals surface area contributed by atoms with Crippen LogP contribution in [-0.4, -0.2) is 13.4 Å². The molecule has 10 aromatic rings. The third-order valence-electron chi connectivity index (χ3n) is 20.6. The van der Waals surface area contributed by atoms with Gasteiger partial charge in [-0.15, -0.1) is 11.3 Å². The molecule has 1 atom stereocenters. The monoisotopic (exact) mass is 1100 g/mol. The summed E-state index contributed by atoms with van der Waals surface area (Å²) in [5, 5.41) is 1.24. The second-order valence-electron chi connectivity index (χ2n) is 27.4. The van der Waals surface area contributed by atoms with Crippen LogP contribution in [-0.2, 0) is 21.8 Å². The quantitative estimate of drug-likeness (QED) is 0.178. The molecule has 2 N–H and O–H groups in total. The van der Waals surface area contributed by atoms with Gasteiger partial charge in [0.15, 0.2) is 0 Å². The number of thiophene rings is 1. The number of hydrogen-bond donors (Lipinski definition) is 1. The number of para-hydroxylation sites is 1. The van der Waals surface area contributed by atoms with Crippen molar-refractivity contribution in [3.63, 3.8) is 0 Å². The van der Waals surface area contributed by atoms with Crippen molar-refractivity contribution in [3.8, 4) is 45.3 Å². The highest BCUT2D eigenvalue weighted by atomic mass is 32.1. The van der Waals surface area contributed by atoms with Gasteiger partial charge in [0.1, 0.15) is 23.0 Å². The molecule has 1 unspecified atom stereocenters.